The van der Waals surface area contributed by atoms with E-state index in [1.165, 1.54) is 41.5 Å². The number of carbonyl (C=O) groups is 3. The van der Waals surface area contributed by atoms with Crippen molar-refractivity contribution in [2.75, 3.05) is 38.6 Å². The molecule has 0 radical (unpaired) electrons. The number of nitrogens with zero attached hydrogens (tertiary/aromatic N) is 2. The molecule has 1 aliphatic heterocycles. The van der Waals surface area contributed by atoms with Crippen LogP contribution in [0.5, 0.6) is 0 Å². The van der Waals surface area contributed by atoms with Crippen molar-refractivity contribution in [3.05, 3.63) is 52.0 Å². The lowest BCUT2D eigenvalue weighted by Gasteiger charge is -2.34. The number of hydrogen-bond donors (Lipinski definition) is 1. The maximum absolute atomic E-state index is 13.8. The summed E-state index contributed by atoms with van der Waals surface area (Å²) in [5.41, 5.74) is 0.415. The number of anilines is 1. The van der Waals surface area contributed by atoms with E-state index in [4.69, 9.17) is 0 Å². The van der Waals surface area contributed by atoms with Crippen molar-refractivity contribution in [2.45, 2.75) is 0 Å². The number of benzene rings is 1. The second-order valence-corrected chi connectivity index (χ2v) is 6.76. The van der Waals surface area contributed by atoms with Crippen molar-refractivity contribution >= 4 is 34.9 Å². The normalized spacial score (nSPS) is 14.0. The molecule has 9 heteroatoms. The molecule has 2 aromatic rings. The number of rotatable bonds is 3. The molecule has 27 heavy (non-hydrogen) atoms. The quantitative estimate of drug-likeness (QED) is 0.816. The molecule has 1 saturated heterocycles. The first kappa shape index (κ1) is 18.8. The van der Waals surface area contributed by atoms with Crippen molar-refractivity contribution in [1.29, 1.82) is 0 Å². The largest absolute Gasteiger partial charge is 0.465 e. The van der Waals surface area contributed by atoms with Crippen LogP contribution in [-0.4, -0.2) is 61.0 Å². The Bertz CT molecular complexity index is 862. The molecule has 1 aliphatic rings. The number of urea groups is 1. The van der Waals surface area contributed by atoms with Gasteiger partial charge in [-0.1, -0.05) is 12.1 Å². The summed E-state index contributed by atoms with van der Waals surface area (Å²) in [5, 5.41) is 4.38. The minimum absolute atomic E-state index is 0.0244. The Balaban J connectivity index is 1.58. The summed E-state index contributed by atoms with van der Waals surface area (Å²) in [6.07, 6.45) is 0. The van der Waals surface area contributed by atoms with Crippen molar-refractivity contribution < 1.29 is 23.5 Å². The highest BCUT2D eigenvalue weighted by molar-refractivity contribution is 7.12. The lowest BCUT2D eigenvalue weighted by molar-refractivity contribution is 0.0606. The number of piperazine rings is 1. The Labute approximate surface area is 159 Å². The van der Waals surface area contributed by atoms with Crippen LogP contribution in [0.3, 0.4) is 0 Å². The van der Waals surface area contributed by atoms with Crippen LogP contribution in [0.2, 0.25) is 0 Å². The number of esters is 1. The minimum Gasteiger partial charge on any atom is -0.465 e. The van der Waals surface area contributed by atoms with Gasteiger partial charge in [0.05, 0.1) is 18.4 Å². The number of nitrogens with one attached hydrogen (secondary N) is 1. The van der Waals surface area contributed by atoms with E-state index in [2.05, 4.69) is 10.1 Å². The SMILES string of the molecule is COC(=O)c1sccc1NC(=O)N1CCN(C(=O)c2ccccc2F)CC1. The van der Waals surface area contributed by atoms with E-state index >= 15 is 0 Å². The number of halogens is 1. The monoisotopic (exact) mass is 391 g/mol. The van der Waals surface area contributed by atoms with E-state index in [1.54, 1.807) is 22.4 Å². The highest BCUT2D eigenvalue weighted by Gasteiger charge is 2.27. The van der Waals surface area contributed by atoms with E-state index in [-0.39, 0.29) is 17.5 Å². The average Bonchev–Trinajstić information content (AvgIpc) is 3.15. The summed E-state index contributed by atoms with van der Waals surface area (Å²) in [6, 6.07) is 7.10. The number of ether oxygens (including phenoxy) is 1. The molecule has 3 amide bonds. The molecule has 0 bridgehead atoms. The minimum atomic E-state index is -0.560. The Morgan fingerprint density at radius 3 is 2.41 bits per heavy atom. The highest BCUT2D eigenvalue weighted by atomic mass is 32.1. The van der Waals surface area contributed by atoms with E-state index in [0.717, 1.165) is 0 Å². The van der Waals surface area contributed by atoms with E-state index in [1.807, 2.05) is 0 Å². The van der Waals surface area contributed by atoms with Crippen molar-refractivity contribution in [3.8, 4) is 0 Å². The molecular weight excluding hydrogens is 373 g/mol. The zero-order valence-corrected chi connectivity index (χ0v) is 15.4. The van der Waals surface area contributed by atoms with Gasteiger partial charge in [-0.05, 0) is 23.6 Å². The zero-order valence-electron chi connectivity index (χ0n) is 14.6. The van der Waals surface area contributed by atoms with Crippen LogP contribution in [0.25, 0.3) is 0 Å². The molecule has 0 saturated carbocycles. The summed E-state index contributed by atoms with van der Waals surface area (Å²) in [7, 11) is 1.28. The molecule has 1 aromatic carbocycles. The highest BCUT2D eigenvalue weighted by Crippen LogP contribution is 2.23. The third kappa shape index (κ3) is 4.08. The van der Waals surface area contributed by atoms with Gasteiger partial charge < -0.3 is 19.9 Å². The summed E-state index contributed by atoms with van der Waals surface area (Å²) < 4.78 is 18.5. The molecule has 3 rings (SSSR count). The van der Waals surface area contributed by atoms with Crippen molar-refractivity contribution in [1.82, 2.24) is 9.80 Å². The molecule has 142 valence electrons. The van der Waals surface area contributed by atoms with Crippen molar-refractivity contribution in [3.63, 3.8) is 0 Å². The first-order chi connectivity index (χ1) is 13.0. The van der Waals surface area contributed by atoms with E-state index in [0.29, 0.717) is 36.7 Å². The predicted octanol–water partition coefficient (Wildman–Crippen LogP) is 2.66. The standard InChI is InChI=1S/C18H18FN3O4S/c1-26-17(24)15-14(6-11-27-15)20-18(25)22-9-7-21(8-10-22)16(23)12-4-2-3-5-13(12)19/h2-6,11H,7-10H2,1H3,(H,20,25). The molecule has 1 fully saturated rings. The first-order valence-electron chi connectivity index (χ1n) is 8.27. The lowest BCUT2D eigenvalue weighted by Crippen LogP contribution is -2.51. The summed E-state index contributed by atoms with van der Waals surface area (Å²) in [5.74, 6) is -1.46. The van der Waals surface area contributed by atoms with Crippen LogP contribution >= 0.6 is 11.3 Å². The molecule has 1 aromatic heterocycles. The Morgan fingerprint density at radius 1 is 1.07 bits per heavy atom. The number of amides is 3. The van der Waals surface area contributed by atoms with Crippen LogP contribution in [0.15, 0.2) is 35.7 Å². The number of hydrogen-bond acceptors (Lipinski definition) is 5. The van der Waals surface area contributed by atoms with Gasteiger partial charge in [-0.25, -0.2) is 14.0 Å². The fourth-order valence-corrected chi connectivity index (χ4v) is 3.54. The van der Waals surface area contributed by atoms with Gasteiger partial charge in [-0.2, -0.15) is 0 Å². The third-order valence-electron chi connectivity index (χ3n) is 4.24. The summed E-state index contributed by atoms with van der Waals surface area (Å²) >= 11 is 1.18. The van der Waals surface area contributed by atoms with Crippen LogP contribution in [0, 0.1) is 5.82 Å². The maximum Gasteiger partial charge on any atom is 0.350 e. The first-order valence-corrected chi connectivity index (χ1v) is 9.14. The topological polar surface area (TPSA) is 79.0 Å². The van der Waals surface area contributed by atoms with Crippen LogP contribution in [0.1, 0.15) is 20.0 Å². The second-order valence-electron chi connectivity index (χ2n) is 5.84. The molecule has 7 nitrogen and oxygen atoms in total. The molecule has 1 N–H and O–H groups in total. The second kappa shape index (κ2) is 8.17. The summed E-state index contributed by atoms with van der Waals surface area (Å²) in [6.45, 7) is 1.22. The average molecular weight is 391 g/mol. The van der Waals surface area contributed by atoms with Gasteiger partial charge in [0.25, 0.3) is 5.91 Å². The van der Waals surface area contributed by atoms with Crippen LogP contribution < -0.4 is 5.32 Å². The zero-order chi connectivity index (χ0) is 19.4. The van der Waals surface area contributed by atoms with Crippen LogP contribution in [-0.2, 0) is 4.74 Å². The van der Waals surface area contributed by atoms with Gasteiger partial charge in [0.15, 0.2) is 0 Å². The van der Waals surface area contributed by atoms with E-state index < -0.39 is 11.8 Å². The molecular formula is C18H18FN3O4S. The summed E-state index contributed by atoms with van der Waals surface area (Å²) in [4.78, 5) is 39.9. The fourth-order valence-electron chi connectivity index (χ4n) is 2.77. The van der Waals surface area contributed by atoms with E-state index in [9.17, 15) is 18.8 Å². The number of carbonyl (C=O) groups excluding carboxylic acids is 3. The predicted molar refractivity (Wildman–Crippen MR) is 98.6 cm³/mol. The molecule has 0 unspecified atom stereocenters. The Kier molecular flexibility index (Phi) is 5.70. The smallest absolute Gasteiger partial charge is 0.350 e. The van der Waals surface area contributed by atoms with Crippen molar-refractivity contribution in [2.24, 2.45) is 0 Å². The van der Waals surface area contributed by atoms with Gasteiger partial charge in [0.1, 0.15) is 10.7 Å². The van der Waals surface area contributed by atoms with Crippen LogP contribution in [0.4, 0.5) is 14.9 Å². The third-order valence-corrected chi connectivity index (χ3v) is 5.13. The molecule has 0 spiro atoms. The van der Waals surface area contributed by atoms with Gasteiger partial charge in [-0.15, -0.1) is 11.3 Å². The number of methoxy groups -OCH3 is 1. The number of thiophene rings is 1. The molecule has 2 heterocycles. The van der Waals surface area contributed by atoms with Gasteiger partial charge in [0.2, 0.25) is 0 Å². The maximum atomic E-state index is 13.8. The van der Waals surface area contributed by atoms with Gasteiger partial charge in [0, 0.05) is 26.2 Å². The van der Waals surface area contributed by atoms with Gasteiger partial charge in [-0.3, -0.25) is 4.79 Å². The Hall–Kier alpha value is -2.94. The fraction of sp³-hybridized carbons (Fsp3) is 0.278. The Morgan fingerprint density at radius 2 is 1.74 bits per heavy atom. The lowest BCUT2D eigenvalue weighted by atomic mass is 10.1. The van der Waals surface area contributed by atoms with Gasteiger partial charge >= 0.3 is 12.0 Å². The molecule has 0 aliphatic carbocycles. The molecule has 0 atom stereocenters.